The van der Waals surface area contributed by atoms with Crippen molar-refractivity contribution in [1.29, 1.82) is 0 Å². The van der Waals surface area contributed by atoms with Crippen molar-refractivity contribution in [3.05, 3.63) is 27.7 Å². The van der Waals surface area contributed by atoms with Crippen molar-refractivity contribution in [3.63, 3.8) is 0 Å². The number of rotatable bonds is 6. The predicted octanol–water partition coefficient (Wildman–Crippen LogP) is 3.81. The van der Waals surface area contributed by atoms with Crippen LogP contribution in [-0.4, -0.2) is 31.1 Å². The lowest BCUT2D eigenvalue weighted by Gasteiger charge is -2.22. The van der Waals surface area contributed by atoms with Gasteiger partial charge < -0.3 is 14.8 Å². The van der Waals surface area contributed by atoms with Crippen molar-refractivity contribution < 1.29 is 23.9 Å². The zero-order valence-electron chi connectivity index (χ0n) is 15.6. The minimum Gasteiger partial charge on any atom is -0.466 e. The van der Waals surface area contributed by atoms with E-state index in [1.165, 1.54) is 17.4 Å². The monoisotopic (exact) mass is 379 g/mol. The Morgan fingerprint density at radius 3 is 2.50 bits per heavy atom. The Labute approximate surface area is 157 Å². The molecular weight excluding hydrogens is 354 g/mol. The number of amides is 1. The Kier molecular flexibility index (Phi) is 6.97. The first-order chi connectivity index (χ1) is 12.4. The summed E-state index contributed by atoms with van der Waals surface area (Å²) in [5, 5.41) is 3.22. The number of hydrogen-bond donors (Lipinski definition) is 1. The zero-order chi connectivity index (χ0) is 19.3. The first-order valence-corrected chi connectivity index (χ1v) is 9.65. The van der Waals surface area contributed by atoms with Crippen LogP contribution in [0.15, 0.2) is 11.6 Å². The number of thiophene rings is 1. The molecular formula is C19H25NO5S. The number of carbonyl (C=O) groups is 3. The Bertz CT molecular complexity index is 731. The number of hydrogen-bond acceptors (Lipinski definition) is 6. The van der Waals surface area contributed by atoms with Crippen LogP contribution in [-0.2, 0) is 25.5 Å². The van der Waals surface area contributed by atoms with Crippen molar-refractivity contribution in [3.8, 4) is 0 Å². The topological polar surface area (TPSA) is 81.7 Å². The lowest BCUT2D eigenvalue weighted by Crippen LogP contribution is -2.23. The minimum absolute atomic E-state index is 0.217. The van der Waals surface area contributed by atoms with E-state index in [1.54, 1.807) is 13.8 Å². The van der Waals surface area contributed by atoms with Crippen LogP contribution in [0.3, 0.4) is 0 Å². The van der Waals surface area contributed by atoms with Gasteiger partial charge in [0.2, 0.25) is 5.91 Å². The molecule has 1 aliphatic rings. The molecule has 0 bridgehead atoms. The quantitative estimate of drug-likeness (QED) is 0.600. The van der Waals surface area contributed by atoms with Gasteiger partial charge in [0.1, 0.15) is 5.00 Å². The molecule has 1 N–H and O–H groups in total. The molecule has 6 nitrogen and oxygen atoms in total. The van der Waals surface area contributed by atoms with Crippen LogP contribution in [0.1, 0.15) is 67.3 Å². The second-order valence-corrected chi connectivity index (χ2v) is 7.38. The molecule has 0 saturated heterocycles. The maximum Gasteiger partial charge on any atom is 0.341 e. The third-order valence-electron chi connectivity index (χ3n) is 3.97. The van der Waals surface area contributed by atoms with Crippen molar-refractivity contribution >= 4 is 34.2 Å². The standard InChI is InChI=1S/C19H25NO5S/c1-5-24-18(22)12-8-7-9-13-15(12)16(19(23)25-6-2)17(26-13)20-14(21)10-11(3)4/h10,12H,5-9H2,1-4H3,(H,20,21). The van der Waals surface area contributed by atoms with Crippen LogP contribution in [0.4, 0.5) is 5.00 Å². The Morgan fingerprint density at radius 1 is 1.19 bits per heavy atom. The molecule has 142 valence electrons. The fourth-order valence-electron chi connectivity index (χ4n) is 3.04. The highest BCUT2D eigenvalue weighted by Gasteiger charge is 2.36. The number of allylic oxidation sites excluding steroid dienone is 1. The summed E-state index contributed by atoms with van der Waals surface area (Å²) in [5.41, 5.74) is 1.80. The molecule has 1 heterocycles. The highest BCUT2D eigenvalue weighted by atomic mass is 32.1. The molecule has 1 amide bonds. The smallest absolute Gasteiger partial charge is 0.341 e. The molecule has 0 radical (unpaired) electrons. The fourth-order valence-corrected chi connectivity index (χ4v) is 4.33. The maximum absolute atomic E-state index is 12.6. The molecule has 1 aliphatic carbocycles. The van der Waals surface area contributed by atoms with Gasteiger partial charge in [0, 0.05) is 11.0 Å². The van der Waals surface area contributed by atoms with Crippen LogP contribution < -0.4 is 5.32 Å². The number of fused-ring (bicyclic) bond motifs is 1. The average molecular weight is 379 g/mol. The zero-order valence-corrected chi connectivity index (χ0v) is 16.5. The van der Waals surface area contributed by atoms with Gasteiger partial charge in [-0.3, -0.25) is 9.59 Å². The van der Waals surface area contributed by atoms with Gasteiger partial charge in [-0.25, -0.2) is 4.79 Å². The molecule has 0 spiro atoms. The summed E-state index contributed by atoms with van der Waals surface area (Å²) in [6.07, 6.45) is 3.69. The number of nitrogens with one attached hydrogen (secondary N) is 1. The summed E-state index contributed by atoms with van der Waals surface area (Å²) in [6.45, 7) is 7.63. The van der Waals surface area contributed by atoms with E-state index in [1.807, 2.05) is 13.8 Å². The van der Waals surface area contributed by atoms with Crippen LogP contribution in [0.2, 0.25) is 0 Å². The highest BCUT2D eigenvalue weighted by molar-refractivity contribution is 7.17. The number of carbonyl (C=O) groups excluding carboxylic acids is 3. The molecule has 0 saturated carbocycles. The fraction of sp³-hybridized carbons (Fsp3) is 0.526. The molecule has 1 unspecified atom stereocenters. The van der Waals surface area contributed by atoms with Gasteiger partial charge in [-0.15, -0.1) is 11.3 Å². The summed E-state index contributed by atoms with van der Waals surface area (Å²) in [4.78, 5) is 38.1. The summed E-state index contributed by atoms with van der Waals surface area (Å²) >= 11 is 1.34. The van der Waals surface area contributed by atoms with Crippen molar-refractivity contribution in [2.24, 2.45) is 0 Å². The third-order valence-corrected chi connectivity index (χ3v) is 5.16. The molecule has 0 fully saturated rings. The lowest BCUT2D eigenvalue weighted by molar-refractivity contribution is -0.145. The van der Waals surface area contributed by atoms with E-state index in [-0.39, 0.29) is 25.1 Å². The molecule has 1 aromatic rings. The van der Waals surface area contributed by atoms with Crippen LogP contribution in [0.25, 0.3) is 0 Å². The van der Waals surface area contributed by atoms with Crippen LogP contribution >= 0.6 is 11.3 Å². The van der Waals surface area contributed by atoms with Crippen molar-refractivity contribution in [2.45, 2.75) is 52.9 Å². The van der Waals surface area contributed by atoms with E-state index in [2.05, 4.69) is 5.32 Å². The number of ether oxygens (including phenoxy) is 2. The molecule has 2 rings (SSSR count). The first kappa shape index (κ1) is 20.2. The van der Waals surface area contributed by atoms with Gasteiger partial charge in [0.25, 0.3) is 0 Å². The van der Waals surface area contributed by atoms with E-state index >= 15 is 0 Å². The average Bonchev–Trinajstić information content (AvgIpc) is 2.91. The SMILES string of the molecule is CCOC(=O)c1c(NC(=O)C=C(C)C)sc2c1C(C(=O)OCC)CCC2. The maximum atomic E-state index is 12.6. The van der Waals surface area contributed by atoms with E-state index in [4.69, 9.17) is 9.47 Å². The Hall–Kier alpha value is -2.15. The lowest BCUT2D eigenvalue weighted by atomic mass is 9.85. The van der Waals surface area contributed by atoms with E-state index in [9.17, 15) is 14.4 Å². The Morgan fingerprint density at radius 2 is 1.88 bits per heavy atom. The summed E-state index contributed by atoms with van der Waals surface area (Å²) < 4.78 is 10.4. The molecule has 0 aliphatic heterocycles. The third kappa shape index (κ3) is 4.52. The number of esters is 2. The van der Waals surface area contributed by atoms with E-state index in [0.29, 0.717) is 22.5 Å². The first-order valence-electron chi connectivity index (χ1n) is 8.84. The second-order valence-electron chi connectivity index (χ2n) is 6.27. The number of anilines is 1. The molecule has 7 heteroatoms. The van der Waals surface area contributed by atoms with Crippen LogP contribution in [0, 0.1) is 0 Å². The molecule has 1 aromatic heterocycles. The van der Waals surface area contributed by atoms with Gasteiger partial charge in [0.15, 0.2) is 0 Å². The van der Waals surface area contributed by atoms with E-state index < -0.39 is 11.9 Å². The van der Waals surface area contributed by atoms with Gasteiger partial charge in [-0.1, -0.05) is 5.57 Å². The van der Waals surface area contributed by atoms with Crippen molar-refractivity contribution in [2.75, 3.05) is 18.5 Å². The minimum atomic E-state index is -0.520. The van der Waals surface area contributed by atoms with Crippen LogP contribution in [0.5, 0.6) is 0 Å². The molecule has 1 atom stereocenters. The van der Waals surface area contributed by atoms with Gasteiger partial charge >= 0.3 is 11.9 Å². The van der Waals surface area contributed by atoms with Gasteiger partial charge in [-0.05, 0) is 52.5 Å². The van der Waals surface area contributed by atoms with E-state index in [0.717, 1.165) is 23.3 Å². The van der Waals surface area contributed by atoms with Gasteiger partial charge in [0.05, 0.1) is 24.7 Å². The molecule has 26 heavy (non-hydrogen) atoms. The van der Waals surface area contributed by atoms with Gasteiger partial charge in [-0.2, -0.15) is 0 Å². The Balaban J connectivity index is 2.50. The second kappa shape index (κ2) is 8.98. The summed E-state index contributed by atoms with van der Waals surface area (Å²) in [7, 11) is 0. The largest absolute Gasteiger partial charge is 0.466 e. The summed E-state index contributed by atoms with van der Waals surface area (Å²) in [6, 6.07) is 0. The number of aryl methyl sites for hydroxylation is 1. The summed E-state index contributed by atoms with van der Waals surface area (Å²) in [5.74, 6) is -1.65. The highest BCUT2D eigenvalue weighted by Crippen LogP contribution is 2.44. The molecule has 0 aromatic carbocycles. The predicted molar refractivity (Wildman–Crippen MR) is 101 cm³/mol. The van der Waals surface area contributed by atoms with Crippen molar-refractivity contribution in [1.82, 2.24) is 0 Å². The normalized spacial score (nSPS) is 15.6.